The molecule has 0 aliphatic heterocycles. The summed E-state index contributed by atoms with van der Waals surface area (Å²) in [6.07, 6.45) is 1.54. The summed E-state index contributed by atoms with van der Waals surface area (Å²) >= 11 is 0. The molecule has 0 saturated carbocycles. The Balaban J connectivity index is 2.13. The smallest absolute Gasteiger partial charge is 0.266 e. The van der Waals surface area contributed by atoms with Crippen LogP contribution in [0, 0.1) is 11.3 Å². The molecule has 1 amide bonds. The summed E-state index contributed by atoms with van der Waals surface area (Å²) in [5, 5.41) is 12.0. The second-order valence-corrected chi connectivity index (χ2v) is 5.34. The lowest BCUT2D eigenvalue weighted by molar-refractivity contribution is -0.112. The monoisotopic (exact) mass is 321 g/mol. The van der Waals surface area contributed by atoms with Gasteiger partial charge in [0.05, 0.1) is 7.11 Å². The first-order valence-corrected chi connectivity index (χ1v) is 7.38. The summed E-state index contributed by atoms with van der Waals surface area (Å²) in [6.45, 7) is 0. The van der Waals surface area contributed by atoms with Crippen LogP contribution >= 0.6 is 0 Å². The SMILES string of the molecule is COc1ccc(/C=C(/C#N)C(=O)Nc2ccc(N(C)C)cc2)cc1. The van der Waals surface area contributed by atoms with Crippen molar-refractivity contribution in [1.82, 2.24) is 0 Å². The van der Waals surface area contributed by atoms with Crippen LogP contribution in [-0.2, 0) is 4.79 Å². The number of hydrogen-bond acceptors (Lipinski definition) is 4. The first-order chi connectivity index (χ1) is 11.5. The maximum Gasteiger partial charge on any atom is 0.266 e. The van der Waals surface area contributed by atoms with E-state index >= 15 is 0 Å². The topological polar surface area (TPSA) is 65.4 Å². The van der Waals surface area contributed by atoms with Crippen molar-refractivity contribution in [2.75, 3.05) is 31.4 Å². The number of nitrogens with one attached hydrogen (secondary N) is 1. The van der Waals surface area contributed by atoms with Gasteiger partial charge in [-0.15, -0.1) is 0 Å². The van der Waals surface area contributed by atoms with Crippen LogP contribution in [0.3, 0.4) is 0 Å². The second kappa shape index (κ2) is 7.84. The number of amides is 1. The van der Waals surface area contributed by atoms with Crippen molar-refractivity contribution in [3.63, 3.8) is 0 Å². The van der Waals surface area contributed by atoms with Gasteiger partial charge in [0.25, 0.3) is 5.91 Å². The van der Waals surface area contributed by atoms with E-state index in [4.69, 9.17) is 4.74 Å². The molecule has 24 heavy (non-hydrogen) atoms. The highest BCUT2D eigenvalue weighted by molar-refractivity contribution is 6.09. The zero-order valence-electron chi connectivity index (χ0n) is 13.9. The molecule has 5 nitrogen and oxygen atoms in total. The Morgan fingerprint density at radius 2 is 1.75 bits per heavy atom. The average Bonchev–Trinajstić information content (AvgIpc) is 2.60. The van der Waals surface area contributed by atoms with Crippen LogP contribution in [0.2, 0.25) is 0 Å². The predicted octanol–water partition coefficient (Wildman–Crippen LogP) is 3.31. The van der Waals surface area contributed by atoms with Crippen LogP contribution in [0.5, 0.6) is 5.75 Å². The Kier molecular flexibility index (Phi) is 5.58. The van der Waals surface area contributed by atoms with Gasteiger partial charge in [-0.3, -0.25) is 4.79 Å². The number of carbonyl (C=O) groups is 1. The van der Waals surface area contributed by atoms with Gasteiger partial charge < -0.3 is 15.0 Å². The molecule has 1 N–H and O–H groups in total. The fourth-order valence-electron chi connectivity index (χ4n) is 2.06. The zero-order valence-corrected chi connectivity index (χ0v) is 13.9. The summed E-state index contributed by atoms with van der Waals surface area (Å²) in [5.41, 5.74) is 2.46. The molecule has 0 radical (unpaired) electrons. The molecule has 0 aromatic heterocycles. The molecular formula is C19H19N3O2. The third kappa shape index (κ3) is 4.37. The number of nitrogens with zero attached hydrogens (tertiary/aromatic N) is 2. The van der Waals surface area contributed by atoms with Crippen LogP contribution in [0.1, 0.15) is 5.56 Å². The Bertz CT molecular complexity index is 770. The van der Waals surface area contributed by atoms with E-state index in [-0.39, 0.29) is 5.57 Å². The van der Waals surface area contributed by atoms with Gasteiger partial charge in [0.1, 0.15) is 17.4 Å². The molecule has 0 saturated heterocycles. The van der Waals surface area contributed by atoms with Crippen molar-refractivity contribution in [3.8, 4) is 11.8 Å². The van der Waals surface area contributed by atoms with E-state index in [0.717, 1.165) is 17.0 Å². The maximum atomic E-state index is 12.3. The molecule has 0 fully saturated rings. The molecule has 0 atom stereocenters. The Morgan fingerprint density at radius 1 is 1.12 bits per heavy atom. The number of anilines is 2. The maximum absolute atomic E-state index is 12.3. The van der Waals surface area contributed by atoms with Crippen molar-refractivity contribution in [2.24, 2.45) is 0 Å². The summed E-state index contributed by atoms with van der Waals surface area (Å²) in [5.74, 6) is 0.280. The molecule has 0 bridgehead atoms. The number of nitriles is 1. The van der Waals surface area contributed by atoms with Crippen LogP contribution in [0.4, 0.5) is 11.4 Å². The highest BCUT2D eigenvalue weighted by Crippen LogP contribution is 2.17. The van der Waals surface area contributed by atoms with Gasteiger partial charge in [0.2, 0.25) is 0 Å². The minimum Gasteiger partial charge on any atom is -0.497 e. The summed E-state index contributed by atoms with van der Waals surface area (Å²) in [4.78, 5) is 14.2. The number of hydrogen-bond donors (Lipinski definition) is 1. The average molecular weight is 321 g/mol. The summed E-state index contributed by atoms with van der Waals surface area (Å²) < 4.78 is 5.08. The minimum atomic E-state index is -0.439. The van der Waals surface area contributed by atoms with Crippen molar-refractivity contribution in [2.45, 2.75) is 0 Å². The van der Waals surface area contributed by atoms with E-state index in [2.05, 4.69) is 5.32 Å². The molecule has 2 aromatic rings. The lowest BCUT2D eigenvalue weighted by atomic mass is 10.1. The van der Waals surface area contributed by atoms with E-state index in [9.17, 15) is 10.1 Å². The third-order valence-electron chi connectivity index (χ3n) is 3.43. The van der Waals surface area contributed by atoms with Crippen LogP contribution in [-0.4, -0.2) is 27.1 Å². The third-order valence-corrected chi connectivity index (χ3v) is 3.43. The molecule has 2 aromatic carbocycles. The number of ether oxygens (including phenoxy) is 1. The van der Waals surface area contributed by atoms with E-state index in [0.29, 0.717) is 5.69 Å². The van der Waals surface area contributed by atoms with Crippen LogP contribution in [0.25, 0.3) is 6.08 Å². The predicted molar refractivity (Wildman–Crippen MR) is 96.0 cm³/mol. The highest BCUT2D eigenvalue weighted by atomic mass is 16.5. The Morgan fingerprint density at radius 3 is 2.25 bits per heavy atom. The van der Waals surface area contributed by atoms with Gasteiger partial charge >= 0.3 is 0 Å². The summed E-state index contributed by atoms with van der Waals surface area (Å²) in [7, 11) is 5.47. The lowest BCUT2D eigenvalue weighted by Crippen LogP contribution is -2.14. The number of methoxy groups -OCH3 is 1. The number of carbonyl (C=O) groups excluding carboxylic acids is 1. The van der Waals surface area contributed by atoms with Crippen molar-refractivity contribution >= 4 is 23.4 Å². The van der Waals surface area contributed by atoms with E-state index in [1.807, 2.05) is 37.2 Å². The first-order valence-electron chi connectivity index (χ1n) is 7.38. The molecule has 0 unspecified atom stereocenters. The largest absolute Gasteiger partial charge is 0.497 e. The molecule has 2 rings (SSSR count). The normalized spacial score (nSPS) is 10.7. The Hall–Kier alpha value is -3.26. The summed E-state index contributed by atoms with van der Waals surface area (Å²) in [6, 6.07) is 16.5. The van der Waals surface area contributed by atoms with Gasteiger partial charge in [-0.2, -0.15) is 5.26 Å². The fraction of sp³-hybridized carbons (Fsp3) is 0.158. The van der Waals surface area contributed by atoms with Gasteiger partial charge in [-0.1, -0.05) is 12.1 Å². The van der Waals surface area contributed by atoms with E-state index in [1.54, 1.807) is 49.6 Å². The minimum absolute atomic E-state index is 0.0388. The second-order valence-electron chi connectivity index (χ2n) is 5.34. The van der Waals surface area contributed by atoms with Gasteiger partial charge in [0.15, 0.2) is 0 Å². The lowest BCUT2D eigenvalue weighted by Gasteiger charge is -2.12. The molecule has 5 heteroatoms. The molecule has 122 valence electrons. The van der Waals surface area contributed by atoms with E-state index < -0.39 is 5.91 Å². The van der Waals surface area contributed by atoms with Crippen molar-refractivity contribution < 1.29 is 9.53 Å². The van der Waals surface area contributed by atoms with Gasteiger partial charge in [0, 0.05) is 25.5 Å². The van der Waals surface area contributed by atoms with E-state index in [1.165, 1.54) is 0 Å². The molecule has 0 spiro atoms. The standard InChI is InChI=1S/C19H19N3O2/c1-22(2)17-8-6-16(7-9-17)21-19(23)15(13-20)12-14-4-10-18(24-3)11-5-14/h4-12H,1-3H3,(H,21,23)/b15-12-. The van der Waals surface area contributed by atoms with Gasteiger partial charge in [-0.05, 0) is 48.0 Å². The molecule has 0 aliphatic rings. The number of rotatable bonds is 5. The molecule has 0 heterocycles. The quantitative estimate of drug-likeness (QED) is 0.678. The molecular weight excluding hydrogens is 302 g/mol. The van der Waals surface area contributed by atoms with Gasteiger partial charge in [-0.25, -0.2) is 0 Å². The van der Waals surface area contributed by atoms with Crippen LogP contribution < -0.4 is 15.0 Å². The molecule has 0 aliphatic carbocycles. The highest BCUT2D eigenvalue weighted by Gasteiger charge is 2.09. The van der Waals surface area contributed by atoms with Crippen molar-refractivity contribution in [1.29, 1.82) is 5.26 Å². The number of benzene rings is 2. The zero-order chi connectivity index (χ0) is 17.5. The van der Waals surface area contributed by atoms with Crippen LogP contribution in [0.15, 0.2) is 54.1 Å². The Labute approximate surface area is 141 Å². The fourth-order valence-corrected chi connectivity index (χ4v) is 2.06. The van der Waals surface area contributed by atoms with Crippen molar-refractivity contribution in [3.05, 3.63) is 59.7 Å². The first kappa shape index (κ1) is 17.1.